The molecule has 1 aromatic carbocycles. The lowest BCUT2D eigenvalue weighted by molar-refractivity contribution is 0.117. The van der Waals surface area contributed by atoms with Gasteiger partial charge in [-0.05, 0) is 24.1 Å². The van der Waals surface area contributed by atoms with Crippen LogP contribution < -0.4 is 0 Å². The average molecular weight is 203 g/mol. The molecule has 0 saturated carbocycles. The van der Waals surface area contributed by atoms with E-state index in [-0.39, 0.29) is 0 Å². The van der Waals surface area contributed by atoms with Crippen molar-refractivity contribution in [3.63, 3.8) is 0 Å². The molecule has 0 spiro atoms. The molecule has 0 bridgehead atoms. The van der Waals surface area contributed by atoms with Gasteiger partial charge in [0.2, 0.25) is 0 Å². The highest BCUT2D eigenvalue weighted by Gasteiger charge is 1.94. The number of hydrogen-bond acceptors (Lipinski definition) is 2. The largest absolute Gasteiger partial charge is 0.377 e. The van der Waals surface area contributed by atoms with Gasteiger partial charge in [-0.1, -0.05) is 31.9 Å². The molecule has 0 aliphatic carbocycles. The van der Waals surface area contributed by atoms with Crippen LogP contribution in [-0.4, -0.2) is 6.61 Å². The number of benzene rings is 1. The van der Waals surface area contributed by atoms with E-state index in [4.69, 9.17) is 10.00 Å². The second-order valence-corrected chi connectivity index (χ2v) is 3.57. The van der Waals surface area contributed by atoms with E-state index in [1.807, 2.05) is 24.3 Å². The second kappa shape index (κ2) is 7.03. The van der Waals surface area contributed by atoms with E-state index in [1.165, 1.54) is 12.8 Å². The smallest absolute Gasteiger partial charge is 0.0991 e. The van der Waals surface area contributed by atoms with Crippen LogP contribution in [0.5, 0.6) is 0 Å². The summed E-state index contributed by atoms with van der Waals surface area (Å²) in [6.07, 6.45) is 3.58. The Morgan fingerprint density at radius 1 is 1.20 bits per heavy atom. The predicted octanol–water partition coefficient (Wildman–Crippen LogP) is 3.27. The fourth-order valence-electron chi connectivity index (χ4n) is 1.32. The Balaban J connectivity index is 2.23. The van der Waals surface area contributed by atoms with E-state index in [0.717, 1.165) is 18.6 Å². The summed E-state index contributed by atoms with van der Waals surface area (Å²) in [6.45, 7) is 3.66. The van der Waals surface area contributed by atoms with Gasteiger partial charge in [-0.2, -0.15) is 5.26 Å². The molecule has 0 saturated heterocycles. The van der Waals surface area contributed by atoms with Crippen molar-refractivity contribution in [2.45, 2.75) is 32.8 Å². The fourth-order valence-corrected chi connectivity index (χ4v) is 1.32. The molecule has 2 heteroatoms. The number of nitrogens with zero attached hydrogens (tertiary/aromatic N) is 1. The third-order valence-corrected chi connectivity index (χ3v) is 2.24. The van der Waals surface area contributed by atoms with Crippen LogP contribution in [0.1, 0.15) is 37.3 Å². The van der Waals surface area contributed by atoms with E-state index in [2.05, 4.69) is 13.0 Å². The van der Waals surface area contributed by atoms with Gasteiger partial charge in [-0.15, -0.1) is 0 Å². The summed E-state index contributed by atoms with van der Waals surface area (Å²) >= 11 is 0. The number of nitriles is 1. The normalized spacial score (nSPS) is 9.87. The molecule has 0 aromatic heterocycles. The van der Waals surface area contributed by atoms with E-state index in [0.29, 0.717) is 12.2 Å². The zero-order chi connectivity index (χ0) is 10.9. The first-order valence-corrected chi connectivity index (χ1v) is 5.43. The Labute approximate surface area is 91.5 Å². The highest BCUT2D eigenvalue weighted by atomic mass is 16.5. The first kappa shape index (κ1) is 11.7. The van der Waals surface area contributed by atoms with Crippen LogP contribution in [0.3, 0.4) is 0 Å². The third-order valence-electron chi connectivity index (χ3n) is 2.24. The molecule has 80 valence electrons. The summed E-state index contributed by atoms with van der Waals surface area (Å²) in [4.78, 5) is 0. The van der Waals surface area contributed by atoms with Crippen molar-refractivity contribution in [3.8, 4) is 6.07 Å². The molecule has 0 heterocycles. The summed E-state index contributed by atoms with van der Waals surface area (Å²) in [5.41, 5.74) is 1.83. The van der Waals surface area contributed by atoms with Crippen LogP contribution in [0.2, 0.25) is 0 Å². The molecule has 0 unspecified atom stereocenters. The molecule has 0 atom stereocenters. The number of ether oxygens (including phenoxy) is 1. The van der Waals surface area contributed by atoms with Crippen LogP contribution in [0.25, 0.3) is 0 Å². The molecular weight excluding hydrogens is 186 g/mol. The molecular formula is C13H17NO. The third kappa shape index (κ3) is 4.62. The zero-order valence-corrected chi connectivity index (χ0v) is 9.20. The molecule has 2 nitrogen and oxygen atoms in total. The summed E-state index contributed by atoms with van der Waals surface area (Å²) < 4.78 is 5.51. The van der Waals surface area contributed by atoms with Gasteiger partial charge in [0.05, 0.1) is 18.2 Å². The van der Waals surface area contributed by atoms with Crippen molar-refractivity contribution < 1.29 is 4.74 Å². The maximum absolute atomic E-state index is 8.62. The minimum atomic E-state index is 0.648. The van der Waals surface area contributed by atoms with E-state index < -0.39 is 0 Å². The van der Waals surface area contributed by atoms with Crippen molar-refractivity contribution in [1.82, 2.24) is 0 Å². The monoisotopic (exact) mass is 203 g/mol. The first-order chi connectivity index (χ1) is 7.36. The Morgan fingerprint density at radius 2 is 1.93 bits per heavy atom. The molecule has 0 aliphatic rings. The van der Waals surface area contributed by atoms with E-state index in [9.17, 15) is 0 Å². The minimum Gasteiger partial charge on any atom is -0.377 e. The van der Waals surface area contributed by atoms with E-state index >= 15 is 0 Å². The zero-order valence-electron chi connectivity index (χ0n) is 9.20. The Bertz CT molecular complexity index is 310. The minimum absolute atomic E-state index is 0.648. The molecule has 0 fully saturated rings. The number of unbranched alkanes of at least 4 members (excludes halogenated alkanes) is 2. The van der Waals surface area contributed by atoms with Crippen molar-refractivity contribution in [2.75, 3.05) is 6.61 Å². The van der Waals surface area contributed by atoms with Gasteiger partial charge in [0.1, 0.15) is 0 Å². The highest BCUT2D eigenvalue weighted by Crippen LogP contribution is 2.05. The van der Waals surface area contributed by atoms with Crippen molar-refractivity contribution in [2.24, 2.45) is 0 Å². The van der Waals surface area contributed by atoms with Gasteiger partial charge >= 0.3 is 0 Å². The number of hydrogen-bond donors (Lipinski definition) is 0. The molecule has 1 aromatic rings. The van der Waals surface area contributed by atoms with Crippen LogP contribution in [0.15, 0.2) is 24.3 Å². The lowest BCUT2D eigenvalue weighted by Gasteiger charge is -2.03. The van der Waals surface area contributed by atoms with E-state index in [1.54, 1.807) is 0 Å². The molecule has 0 N–H and O–H groups in total. The Morgan fingerprint density at radius 3 is 2.53 bits per heavy atom. The molecule has 15 heavy (non-hydrogen) atoms. The van der Waals surface area contributed by atoms with Gasteiger partial charge in [0, 0.05) is 6.61 Å². The van der Waals surface area contributed by atoms with Gasteiger partial charge in [0.25, 0.3) is 0 Å². The van der Waals surface area contributed by atoms with Crippen LogP contribution in [0.4, 0.5) is 0 Å². The summed E-state index contributed by atoms with van der Waals surface area (Å²) in [7, 11) is 0. The Hall–Kier alpha value is -1.33. The van der Waals surface area contributed by atoms with Crippen LogP contribution >= 0.6 is 0 Å². The van der Waals surface area contributed by atoms with Crippen molar-refractivity contribution >= 4 is 0 Å². The number of rotatable bonds is 6. The van der Waals surface area contributed by atoms with Gasteiger partial charge in [-0.3, -0.25) is 0 Å². The van der Waals surface area contributed by atoms with Gasteiger partial charge in [-0.25, -0.2) is 0 Å². The average Bonchev–Trinajstić information content (AvgIpc) is 2.30. The topological polar surface area (TPSA) is 33.0 Å². The SMILES string of the molecule is CCCCCOCc1ccc(C#N)cc1. The van der Waals surface area contributed by atoms with Crippen LogP contribution in [0, 0.1) is 11.3 Å². The summed E-state index contributed by atoms with van der Waals surface area (Å²) in [5, 5.41) is 8.62. The molecule has 0 amide bonds. The van der Waals surface area contributed by atoms with Gasteiger partial charge in [0.15, 0.2) is 0 Å². The summed E-state index contributed by atoms with van der Waals surface area (Å²) in [6, 6.07) is 9.63. The first-order valence-electron chi connectivity index (χ1n) is 5.43. The van der Waals surface area contributed by atoms with Crippen molar-refractivity contribution in [1.29, 1.82) is 5.26 Å². The lowest BCUT2D eigenvalue weighted by atomic mass is 10.2. The highest BCUT2D eigenvalue weighted by molar-refractivity contribution is 5.31. The molecule has 0 radical (unpaired) electrons. The van der Waals surface area contributed by atoms with Crippen molar-refractivity contribution in [3.05, 3.63) is 35.4 Å². The summed E-state index contributed by atoms with van der Waals surface area (Å²) in [5.74, 6) is 0. The second-order valence-electron chi connectivity index (χ2n) is 3.57. The quantitative estimate of drug-likeness (QED) is 0.665. The van der Waals surface area contributed by atoms with Crippen LogP contribution in [-0.2, 0) is 11.3 Å². The fraction of sp³-hybridized carbons (Fsp3) is 0.462. The molecule has 1 rings (SSSR count). The standard InChI is InChI=1S/C13H17NO/c1-2-3-4-9-15-11-13-7-5-12(10-14)6-8-13/h5-8H,2-4,9,11H2,1H3. The Kier molecular flexibility index (Phi) is 5.50. The molecule has 0 aliphatic heterocycles. The lowest BCUT2D eigenvalue weighted by Crippen LogP contribution is -1.95. The predicted molar refractivity (Wildman–Crippen MR) is 60.3 cm³/mol. The van der Waals surface area contributed by atoms with Gasteiger partial charge < -0.3 is 4.74 Å². The maximum Gasteiger partial charge on any atom is 0.0991 e. The maximum atomic E-state index is 8.62.